The van der Waals surface area contributed by atoms with Gasteiger partial charge in [-0.1, -0.05) is 12.8 Å². The molecule has 1 aliphatic carbocycles. The third kappa shape index (κ3) is 5.59. The molecular formula is C17H25BrN2O2. The van der Waals surface area contributed by atoms with Gasteiger partial charge in [0.1, 0.15) is 5.60 Å². The Balaban J connectivity index is 2.07. The van der Waals surface area contributed by atoms with E-state index in [0.29, 0.717) is 12.5 Å². The molecule has 0 N–H and O–H groups in total. The molecule has 22 heavy (non-hydrogen) atoms. The molecule has 5 heteroatoms. The summed E-state index contributed by atoms with van der Waals surface area (Å²) in [5.41, 5.74) is 0.541. The van der Waals surface area contributed by atoms with Gasteiger partial charge in [-0.3, -0.25) is 4.98 Å². The summed E-state index contributed by atoms with van der Waals surface area (Å²) >= 11 is 3.43. The van der Waals surface area contributed by atoms with E-state index in [1.165, 1.54) is 25.7 Å². The average Bonchev–Trinajstić information content (AvgIpc) is 2.89. The van der Waals surface area contributed by atoms with Crippen molar-refractivity contribution in [1.29, 1.82) is 0 Å². The number of aromatic nitrogens is 1. The predicted molar refractivity (Wildman–Crippen MR) is 90.5 cm³/mol. The fourth-order valence-electron chi connectivity index (χ4n) is 2.80. The number of pyridine rings is 1. The van der Waals surface area contributed by atoms with Crippen LogP contribution in [0.3, 0.4) is 0 Å². The number of ether oxygens (including phenoxy) is 1. The second-order valence-electron chi connectivity index (χ2n) is 7.02. The van der Waals surface area contributed by atoms with Crippen molar-refractivity contribution in [1.82, 2.24) is 9.88 Å². The van der Waals surface area contributed by atoms with E-state index in [0.717, 1.165) is 16.6 Å². The highest BCUT2D eigenvalue weighted by Crippen LogP contribution is 2.27. The Labute approximate surface area is 141 Å². The molecule has 0 atom stereocenters. The van der Waals surface area contributed by atoms with Gasteiger partial charge in [-0.2, -0.15) is 0 Å². The lowest BCUT2D eigenvalue weighted by atomic mass is 10.1. The van der Waals surface area contributed by atoms with E-state index in [1.807, 2.05) is 31.7 Å². The van der Waals surface area contributed by atoms with Crippen LogP contribution in [0.4, 0.5) is 4.79 Å². The quantitative estimate of drug-likeness (QED) is 0.768. The first-order valence-corrected chi connectivity index (χ1v) is 8.70. The van der Waals surface area contributed by atoms with Crippen molar-refractivity contribution in [2.45, 2.75) is 58.6 Å². The van der Waals surface area contributed by atoms with Gasteiger partial charge in [-0.25, -0.2) is 4.79 Å². The highest BCUT2D eigenvalue weighted by atomic mass is 79.9. The summed E-state index contributed by atoms with van der Waals surface area (Å²) in [4.78, 5) is 18.5. The van der Waals surface area contributed by atoms with Crippen LogP contribution < -0.4 is 0 Å². The van der Waals surface area contributed by atoms with Crippen LogP contribution in [-0.4, -0.2) is 28.1 Å². The van der Waals surface area contributed by atoms with E-state index in [2.05, 4.69) is 20.9 Å². The summed E-state index contributed by atoms with van der Waals surface area (Å²) in [6.45, 7) is 7.01. The zero-order valence-corrected chi connectivity index (χ0v) is 15.2. The van der Waals surface area contributed by atoms with Crippen molar-refractivity contribution in [2.75, 3.05) is 6.54 Å². The Bertz CT molecular complexity index is 508. The van der Waals surface area contributed by atoms with Crippen LogP contribution in [0.15, 0.2) is 22.9 Å². The van der Waals surface area contributed by atoms with Crippen LogP contribution >= 0.6 is 15.9 Å². The molecule has 1 aromatic rings. The highest BCUT2D eigenvalue weighted by molar-refractivity contribution is 9.10. The molecule has 1 heterocycles. The molecule has 2 rings (SSSR count). The Morgan fingerprint density at radius 1 is 1.36 bits per heavy atom. The van der Waals surface area contributed by atoms with E-state index < -0.39 is 5.60 Å². The minimum absolute atomic E-state index is 0.237. The number of amides is 1. The maximum atomic E-state index is 12.5. The first-order chi connectivity index (χ1) is 10.3. The first-order valence-electron chi connectivity index (χ1n) is 7.91. The van der Waals surface area contributed by atoms with Crippen molar-refractivity contribution < 1.29 is 9.53 Å². The average molecular weight is 369 g/mol. The summed E-state index contributed by atoms with van der Waals surface area (Å²) in [5.74, 6) is 0.590. The van der Waals surface area contributed by atoms with Crippen LogP contribution in [-0.2, 0) is 11.3 Å². The van der Waals surface area contributed by atoms with Crippen LogP contribution in [0.5, 0.6) is 0 Å². The van der Waals surface area contributed by atoms with Crippen molar-refractivity contribution in [3.05, 3.63) is 28.5 Å². The van der Waals surface area contributed by atoms with Gasteiger partial charge in [0.15, 0.2) is 0 Å². The molecular weight excluding hydrogens is 344 g/mol. The summed E-state index contributed by atoms with van der Waals surface area (Å²) in [7, 11) is 0. The SMILES string of the molecule is CC(C)(C)OC(=O)N(Cc1cncc(Br)c1)CC1CCCC1. The van der Waals surface area contributed by atoms with Crippen molar-refractivity contribution >= 4 is 22.0 Å². The van der Waals surface area contributed by atoms with Gasteiger partial charge in [0.2, 0.25) is 0 Å². The van der Waals surface area contributed by atoms with Gasteiger partial charge in [0.25, 0.3) is 0 Å². The summed E-state index contributed by atoms with van der Waals surface area (Å²) < 4.78 is 6.49. The van der Waals surface area contributed by atoms with E-state index >= 15 is 0 Å². The van der Waals surface area contributed by atoms with E-state index in [9.17, 15) is 4.79 Å². The summed E-state index contributed by atoms with van der Waals surface area (Å²) in [5, 5.41) is 0. The van der Waals surface area contributed by atoms with Crippen LogP contribution in [0.2, 0.25) is 0 Å². The largest absolute Gasteiger partial charge is 0.444 e. The number of hydrogen-bond donors (Lipinski definition) is 0. The fraction of sp³-hybridized carbons (Fsp3) is 0.647. The number of hydrogen-bond acceptors (Lipinski definition) is 3. The molecule has 0 radical (unpaired) electrons. The number of carbonyl (C=O) groups is 1. The molecule has 0 bridgehead atoms. The van der Waals surface area contributed by atoms with E-state index in [1.54, 1.807) is 12.4 Å². The van der Waals surface area contributed by atoms with E-state index in [4.69, 9.17) is 4.74 Å². The Morgan fingerprint density at radius 3 is 2.64 bits per heavy atom. The second kappa shape index (κ2) is 7.44. The monoisotopic (exact) mass is 368 g/mol. The number of rotatable bonds is 4. The maximum absolute atomic E-state index is 12.5. The van der Waals surface area contributed by atoms with Crippen molar-refractivity contribution in [3.63, 3.8) is 0 Å². The zero-order valence-electron chi connectivity index (χ0n) is 13.6. The minimum atomic E-state index is -0.472. The topological polar surface area (TPSA) is 42.4 Å². The molecule has 0 spiro atoms. The predicted octanol–water partition coefficient (Wildman–Crippen LogP) is 4.77. The molecule has 4 nitrogen and oxygen atoms in total. The molecule has 0 saturated heterocycles. The molecule has 1 amide bonds. The van der Waals surface area contributed by atoms with Gasteiger partial charge in [-0.05, 0) is 67.1 Å². The highest BCUT2D eigenvalue weighted by Gasteiger charge is 2.26. The van der Waals surface area contributed by atoms with Crippen LogP contribution in [0.25, 0.3) is 0 Å². The van der Waals surface area contributed by atoms with Gasteiger partial charge in [0, 0.05) is 23.4 Å². The molecule has 1 saturated carbocycles. The summed E-state index contributed by atoms with van der Waals surface area (Å²) in [6.07, 6.45) is 8.26. The lowest BCUT2D eigenvalue weighted by Crippen LogP contribution is -2.38. The fourth-order valence-corrected chi connectivity index (χ4v) is 3.21. The van der Waals surface area contributed by atoms with Gasteiger partial charge >= 0.3 is 6.09 Å². The Kier molecular flexibility index (Phi) is 5.84. The minimum Gasteiger partial charge on any atom is -0.444 e. The van der Waals surface area contributed by atoms with Crippen molar-refractivity contribution in [3.8, 4) is 0 Å². The Hall–Kier alpha value is -1.10. The van der Waals surface area contributed by atoms with E-state index in [-0.39, 0.29) is 6.09 Å². The molecule has 0 unspecified atom stereocenters. The van der Waals surface area contributed by atoms with Gasteiger partial charge in [0.05, 0.1) is 6.54 Å². The lowest BCUT2D eigenvalue weighted by Gasteiger charge is -2.29. The van der Waals surface area contributed by atoms with Gasteiger partial charge < -0.3 is 9.64 Å². The summed E-state index contributed by atoms with van der Waals surface area (Å²) in [6, 6.07) is 2.00. The van der Waals surface area contributed by atoms with Crippen molar-refractivity contribution in [2.24, 2.45) is 5.92 Å². The molecule has 1 fully saturated rings. The molecule has 0 aliphatic heterocycles. The van der Waals surface area contributed by atoms with Crippen LogP contribution in [0.1, 0.15) is 52.0 Å². The maximum Gasteiger partial charge on any atom is 0.410 e. The molecule has 0 aromatic carbocycles. The number of halogens is 1. The third-order valence-corrected chi connectivity index (χ3v) is 4.17. The lowest BCUT2D eigenvalue weighted by molar-refractivity contribution is 0.0203. The normalized spacial score (nSPS) is 15.8. The standard InChI is InChI=1S/C17H25BrN2O2/c1-17(2,3)22-16(21)20(11-13-6-4-5-7-13)12-14-8-15(18)10-19-9-14/h8-10,13H,4-7,11-12H2,1-3H3. The first kappa shape index (κ1) is 17.3. The second-order valence-corrected chi connectivity index (χ2v) is 7.94. The smallest absolute Gasteiger partial charge is 0.410 e. The number of carbonyl (C=O) groups excluding carboxylic acids is 1. The molecule has 1 aromatic heterocycles. The van der Waals surface area contributed by atoms with Crippen LogP contribution in [0, 0.1) is 5.92 Å². The Morgan fingerprint density at radius 2 is 2.05 bits per heavy atom. The number of nitrogens with zero attached hydrogens (tertiary/aromatic N) is 2. The van der Waals surface area contributed by atoms with Gasteiger partial charge in [-0.15, -0.1) is 0 Å². The zero-order chi connectivity index (χ0) is 16.2. The molecule has 1 aliphatic rings. The molecule has 122 valence electrons. The third-order valence-electron chi connectivity index (χ3n) is 3.74.